The number of benzene rings is 2. The van der Waals surface area contributed by atoms with Crippen molar-refractivity contribution in [3.63, 3.8) is 0 Å². The molecule has 3 rings (SSSR count). The van der Waals surface area contributed by atoms with Crippen molar-refractivity contribution in [1.82, 2.24) is 14.5 Å². The third-order valence-electron chi connectivity index (χ3n) is 3.41. The summed E-state index contributed by atoms with van der Waals surface area (Å²) < 4.78 is 16.9. The number of carbonyl (C=O) groups excluding carboxylic acids is 1. The first kappa shape index (κ1) is 15.3. The van der Waals surface area contributed by atoms with E-state index in [9.17, 15) is 9.18 Å². The molecule has 23 heavy (non-hydrogen) atoms. The SMILES string of the molecule is CN(Cc1ccccc1)C(=O)c1snnc1-c1ccc(F)cc1. The van der Waals surface area contributed by atoms with Crippen molar-refractivity contribution in [2.24, 2.45) is 0 Å². The largest absolute Gasteiger partial charge is 0.337 e. The van der Waals surface area contributed by atoms with E-state index in [1.807, 2.05) is 30.3 Å². The van der Waals surface area contributed by atoms with Gasteiger partial charge in [-0.05, 0) is 41.4 Å². The smallest absolute Gasteiger partial charge is 0.267 e. The zero-order chi connectivity index (χ0) is 16.2. The second-order valence-corrected chi connectivity index (χ2v) is 5.86. The number of nitrogens with zero attached hydrogens (tertiary/aromatic N) is 3. The maximum absolute atomic E-state index is 13.0. The normalized spacial score (nSPS) is 10.5. The van der Waals surface area contributed by atoms with E-state index >= 15 is 0 Å². The Balaban J connectivity index is 1.83. The summed E-state index contributed by atoms with van der Waals surface area (Å²) in [5, 5.41) is 4.03. The first-order valence-corrected chi connectivity index (χ1v) is 7.80. The molecule has 1 heterocycles. The summed E-state index contributed by atoms with van der Waals surface area (Å²) in [6.45, 7) is 0.500. The fourth-order valence-corrected chi connectivity index (χ4v) is 2.91. The fourth-order valence-electron chi connectivity index (χ4n) is 2.23. The molecule has 116 valence electrons. The van der Waals surface area contributed by atoms with Crippen molar-refractivity contribution in [1.29, 1.82) is 0 Å². The van der Waals surface area contributed by atoms with Crippen LogP contribution in [0.25, 0.3) is 11.3 Å². The van der Waals surface area contributed by atoms with E-state index in [1.165, 1.54) is 12.1 Å². The minimum Gasteiger partial charge on any atom is -0.337 e. The van der Waals surface area contributed by atoms with Gasteiger partial charge >= 0.3 is 0 Å². The van der Waals surface area contributed by atoms with Crippen LogP contribution in [0.1, 0.15) is 15.2 Å². The molecular weight excluding hydrogens is 313 g/mol. The van der Waals surface area contributed by atoms with E-state index in [1.54, 1.807) is 24.1 Å². The summed E-state index contributed by atoms with van der Waals surface area (Å²) in [5.74, 6) is -0.478. The predicted molar refractivity (Wildman–Crippen MR) is 87.5 cm³/mol. The van der Waals surface area contributed by atoms with Crippen LogP contribution in [0.15, 0.2) is 54.6 Å². The molecule has 0 N–H and O–H groups in total. The molecule has 0 saturated heterocycles. The Labute approximate surface area is 137 Å². The lowest BCUT2D eigenvalue weighted by atomic mass is 10.1. The van der Waals surface area contributed by atoms with Crippen LogP contribution in [0, 0.1) is 5.82 Å². The molecule has 0 saturated carbocycles. The molecule has 0 aliphatic rings. The van der Waals surface area contributed by atoms with E-state index < -0.39 is 0 Å². The average molecular weight is 327 g/mol. The number of hydrogen-bond acceptors (Lipinski definition) is 4. The van der Waals surface area contributed by atoms with Crippen molar-refractivity contribution < 1.29 is 9.18 Å². The third-order valence-corrected chi connectivity index (χ3v) is 4.12. The minimum absolute atomic E-state index is 0.150. The molecular formula is C17H14FN3OS. The molecule has 0 atom stereocenters. The lowest BCUT2D eigenvalue weighted by Crippen LogP contribution is -2.25. The summed E-state index contributed by atoms with van der Waals surface area (Å²) in [7, 11) is 1.74. The van der Waals surface area contributed by atoms with Crippen LogP contribution in [0.5, 0.6) is 0 Å². The third kappa shape index (κ3) is 3.43. The highest BCUT2D eigenvalue weighted by Crippen LogP contribution is 2.25. The topological polar surface area (TPSA) is 46.1 Å². The number of aromatic nitrogens is 2. The zero-order valence-electron chi connectivity index (χ0n) is 12.4. The van der Waals surface area contributed by atoms with Crippen LogP contribution in [0.4, 0.5) is 4.39 Å². The van der Waals surface area contributed by atoms with Crippen molar-refractivity contribution >= 4 is 17.4 Å². The van der Waals surface area contributed by atoms with Gasteiger partial charge in [0.25, 0.3) is 5.91 Å². The molecule has 0 aliphatic heterocycles. The Morgan fingerprint density at radius 2 is 1.83 bits per heavy atom. The predicted octanol–water partition coefficient (Wildman–Crippen LogP) is 3.62. The molecule has 0 bridgehead atoms. The number of halogens is 1. The van der Waals surface area contributed by atoms with Gasteiger partial charge in [0.15, 0.2) is 0 Å². The highest BCUT2D eigenvalue weighted by atomic mass is 32.1. The summed E-state index contributed by atoms with van der Waals surface area (Å²) in [4.78, 5) is 14.7. The van der Waals surface area contributed by atoms with Gasteiger partial charge in [-0.2, -0.15) is 0 Å². The van der Waals surface area contributed by atoms with Crippen LogP contribution < -0.4 is 0 Å². The number of rotatable bonds is 4. The van der Waals surface area contributed by atoms with Crippen LogP contribution in [0.3, 0.4) is 0 Å². The molecule has 6 heteroatoms. The van der Waals surface area contributed by atoms with Gasteiger partial charge in [0.05, 0.1) is 0 Å². The Kier molecular flexibility index (Phi) is 4.43. The van der Waals surface area contributed by atoms with Crippen LogP contribution in [-0.2, 0) is 6.54 Å². The highest BCUT2D eigenvalue weighted by Gasteiger charge is 2.21. The molecule has 0 aliphatic carbocycles. The molecule has 4 nitrogen and oxygen atoms in total. The lowest BCUT2D eigenvalue weighted by Gasteiger charge is -2.16. The highest BCUT2D eigenvalue weighted by molar-refractivity contribution is 7.08. The number of carbonyl (C=O) groups is 1. The van der Waals surface area contributed by atoms with E-state index in [4.69, 9.17) is 0 Å². The van der Waals surface area contributed by atoms with E-state index in [-0.39, 0.29) is 11.7 Å². The van der Waals surface area contributed by atoms with Gasteiger partial charge in [-0.1, -0.05) is 34.8 Å². The maximum Gasteiger partial charge on any atom is 0.267 e. The molecule has 0 radical (unpaired) electrons. The molecule has 0 unspecified atom stereocenters. The van der Waals surface area contributed by atoms with E-state index in [2.05, 4.69) is 9.59 Å². The van der Waals surface area contributed by atoms with Crippen LogP contribution in [0.2, 0.25) is 0 Å². The molecule has 3 aromatic rings. The van der Waals surface area contributed by atoms with Crippen molar-refractivity contribution in [2.45, 2.75) is 6.54 Å². The van der Waals surface area contributed by atoms with Crippen LogP contribution >= 0.6 is 11.5 Å². The van der Waals surface area contributed by atoms with Gasteiger partial charge in [0, 0.05) is 19.2 Å². The summed E-state index contributed by atoms with van der Waals surface area (Å²) in [6.07, 6.45) is 0. The molecule has 1 aromatic heterocycles. The second-order valence-electron chi connectivity index (χ2n) is 5.10. The fraction of sp³-hybridized carbons (Fsp3) is 0.118. The first-order valence-electron chi connectivity index (χ1n) is 7.03. The van der Waals surface area contributed by atoms with Crippen molar-refractivity contribution in [3.05, 3.63) is 70.9 Å². The average Bonchev–Trinajstić information content (AvgIpc) is 3.05. The Hall–Kier alpha value is -2.60. The van der Waals surface area contributed by atoms with Gasteiger partial charge in [-0.3, -0.25) is 4.79 Å². The molecule has 1 amide bonds. The van der Waals surface area contributed by atoms with E-state index in [0.717, 1.165) is 17.1 Å². The van der Waals surface area contributed by atoms with Gasteiger partial charge in [-0.25, -0.2) is 4.39 Å². The Morgan fingerprint density at radius 1 is 1.13 bits per heavy atom. The van der Waals surface area contributed by atoms with Gasteiger partial charge < -0.3 is 4.90 Å². The lowest BCUT2D eigenvalue weighted by molar-refractivity contribution is 0.0790. The standard InChI is InChI=1S/C17H14FN3OS/c1-21(11-12-5-3-2-4-6-12)17(22)16-15(19-20-23-16)13-7-9-14(18)10-8-13/h2-10H,11H2,1H3. The van der Waals surface area contributed by atoms with Crippen LogP contribution in [-0.4, -0.2) is 27.4 Å². The summed E-state index contributed by atoms with van der Waals surface area (Å²) in [5.41, 5.74) is 2.21. The molecule has 0 spiro atoms. The molecule has 0 fully saturated rings. The molecule has 2 aromatic carbocycles. The first-order chi connectivity index (χ1) is 11.1. The second kappa shape index (κ2) is 6.66. The maximum atomic E-state index is 13.0. The Morgan fingerprint density at radius 3 is 2.52 bits per heavy atom. The minimum atomic E-state index is -0.328. The Bertz CT molecular complexity index is 802. The number of amides is 1. The summed E-state index contributed by atoms with van der Waals surface area (Å²) in [6, 6.07) is 15.6. The monoisotopic (exact) mass is 327 g/mol. The van der Waals surface area contributed by atoms with Gasteiger partial charge in [-0.15, -0.1) is 5.10 Å². The van der Waals surface area contributed by atoms with Gasteiger partial charge in [0.1, 0.15) is 16.4 Å². The zero-order valence-corrected chi connectivity index (χ0v) is 13.3. The van der Waals surface area contributed by atoms with Crippen molar-refractivity contribution in [3.8, 4) is 11.3 Å². The summed E-state index contributed by atoms with van der Waals surface area (Å²) >= 11 is 1.05. The van der Waals surface area contributed by atoms with Gasteiger partial charge in [0.2, 0.25) is 0 Å². The van der Waals surface area contributed by atoms with E-state index in [0.29, 0.717) is 22.7 Å². The quantitative estimate of drug-likeness (QED) is 0.735. The van der Waals surface area contributed by atoms with Crippen molar-refractivity contribution in [2.75, 3.05) is 7.05 Å². The number of hydrogen-bond donors (Lipinski definition) is 0.